The standard InChI is InChI=1S/C16H20FN3O2/c1-2-7-19-15(21)10-14-16(22)20(9-8-18-14)11-12-5-3-4-6-13(12)17/h2-6,14,18H,1,7-11H2,(H,19,21). The molecule has 1 aromatic rings. The molecule has 2 rings (SSSR count). The third kappa shape index (κ3) is 4.14. The molecule has 0 radical (unpaired) electrons. The maximum absolute atomic E-state index is 13.7. The second kappa shape index (κ2) is 7.70. The summed E-state index contributed by atoms with van der Waals surface area (Å²) in [4.78, 5) is 25.7. The van der Waals surface area contributed by atoms with Crippen LogP contribution in [-0.2, 0) is 16.1 Å². The lowest BCUT2D eigenvalue weighted by Crippen LogP contribution is -2.55. The molecule has 1 heterocycles. The first-order chi connectivity index (χ1) is 10.6. The molecule has 6 heteroatoms. The Bertz CT molecular complexity index is 562. The predicted octanol–water partition coefficient (Wildman–Crippen LogP) is 0.818. The Labute approximate surface area is 129 Å². The van der Waals surface area contributed by atoms with Crippen molar-refractivity contribution in [3.8, 4) is 0 Å². The molecule has 1 saturated heterocycles. The molecule has 0 saturated carbocycles. The quantitative estimate of drug-likeness (QED) is 0.765. The summed E-state index contributed by atoms with van der Waals surface area (Å²) >= 11 is 0. The number of benzene rings is 1. The first-order valence-corrected chi connectivity index (χ1v) is 7.25. The van der Waals surface area contributed by atoms with Crippen molar-refractivity contribution < 1.29 is 14.0 Å². The van der Waals surface area contributed by atoms with Gasteiger partial charge in [0.25, 0.3) is 0 Å². The molecular formula is C16H20FN3O2. The lowest BCUT2D eigenvalue weighted by atomic mass is 10.1. The maximum Gasteiger partial charge on any atom is 0.240 e. The normalized spacial score (nSPS) is 18.1. The number of carbonyl (C=O) groups excluding carboxylic acids is 2. The van der Waals surface area contributed by atoms with E-state index in [0.717, 1.165) is 0 Å². The molecular weight excluding hydrogens is 285 g/mol. The molecule has 0 aliphatic carbocycles. The highest BCUT2D eigenvalue weighted by Crippen LogP contribution is 2.13. The fraction of sp³-hybridized carbons (Fsp3) is 0.375. The van der Waals surface area contributed by atoms with Crippen LogP contribution in [0.2, 0.25) is 0 Å². The number of carbonyl (C=O) groups is 2. The van der Waals surface area contributed by atoms with E-state index < -0.39 is 6.04 Å². The van der Waals surface area contributed by atoms with Gasteiger partial charge in [0.05, 0.1) is 12.5 Å². The Morgan fingerprint density at radius 1 is 1.50 bits per heavy atom. The van der Waals surface area contributed by atoms with Crippen molar-refractivity contribution in [2.45, 2.75) is 19.0 Å². The minimum atomic E-state index is -0.565. The van der Waals surface area contributed by atoms with Crippen molar-refractivity contribution in [2.75, 3.05) is 19.6 Å². The zero-order valence-electron chi connectivity index (χ0n) is 12.3. The van der Waals surface area contributed by atoms with E-state index in [0.29, 0.717) is 25.2 Å². The van der Waals surface area contributed by atoms with Crippen LogP contribution in [0.4, 0.5) is 4.39 Å². The van der Waals surface area contributed by atoms with Crippen LogP contribution >= 0.6 is 0 Å². The third-order valence-electron chi connectivity index (χ3n) is 3.53. The van der Waals surface area contributed by atoms with Crippen LogP contribution in [0, 0.1) is 5.82 Å². The number of piperazine rings is 1. The minimum absolute atomic E-state index is 0.0699. The topological polar surface area (TPSA) is 61.4 Å². The van der Waals surface area contributed by atoms with E-state index in [1.165, 1.54) is 6.07 Å². The molecule has 1 aliphatic heterocycles. The van der Waals surface area contributed by atoms with E-state index in [4.69, 9.17) is 0 Å². The van der Waals surface area contributed by atoms with Gasteiger partial charge in [-0.15, -0.1) is 6.58 Å². The Morgan fingerprint density at radius 2 is 2.27 bits per heavy atom. The van der Waals surface area contributed by atoms with Gasteiger partial charge >= 0.3 is 0 Å². The summed E-state index contributed by atoms with van der Waals surface area (Å²) in [6.07, 6.45) is 1.65. The lowest BCUT2D eigenvalue weighted by Gasteiger charge is -2.33. The SMILES string of the molecule is C=CCNC(=O)CC1NCCN(Cc2ccccc2F)C1=O. The van der Waals surface area contributed by atoms with Gasteiger partial charge in [-0.25, -0.2) is 4.39 Å². The van der Waals surface area contributed by atoms with E-state index in [-0.39, 0.29) is 30.6 Å². The second-order valence-corrected chi connectivity index (χ2v) is 5.15. The summed E-state index contributed by atoms with van der Waals surface area (Å²) < 4.78 is 13.7. The van der Waals surface area contributed by atoms with Gasteiger partial charge in [-0.1, -0.05) is 24.3 Å². The minimum Gasteiger partial charge on any atom is -0.353 e. The van der Waals surface area contributed by atoms with Gasteiger partial charge in [-0.2, -0.15) is 0 Å². The number of hydrogen-bond donors (Lipinski definition) is 2. The second-order valence-electron chi connectivity index (χ2n) is 5.15. The van der Waals surface area contributed by atoms with Crippen LogP contribution in [0.25, 0.3) is 0 Å². The van der Waals surface area contributed by atoms with Gasteiger partial charge in [0, 0.05) is 31.7 Å². The molecule has 1 unspecified atom stereocenters. The van der Waals surface area contributed by atoms with E-state index in [1.807, 2.05) is 0 Å². The number of nitrogens with one attached hydrogen (secondary N) is 2. The van der Waals surface area contributed by atoms with Gasteiger partial charge in [0.15, 0.2) is 0 Å². The van der Waals surface area contributed by atoms with Crippen LogP contribution in [0.15, 0.2) is 36.9 Å². The van der Waals surface area contributed by atoms with Crippen LogP contribution in [-0.4, -0.2) is 42.4 Å². The average molecular weight is 305 g/mol. The van der Waals surface area contributed by atoms with E-state index in [2.05, 4.69) is 17.2 Å². The first-order valence-electron chi connectivity index (χ1n) is 7.25. The van der Waals surface area contributed by atoms with Crippen molar-refractivity contribution in [2.24, 2.45) is 0 Å². The molecule has 1 aliphatic rings. The van der Waals surface area contributed by atoms with Gasteiger partial charge < -0.3 is 15.5 Å². The lowest BCUT2D eigenvalue weighted by molar-refractivity contribution is -0.138. The average Bonchev–Trinajstić information content (AvgIpc) is 2.51. The third-order valence-corrected chi connectivity index (χ3v) is 3.53. The first kappa shape index (κ1) is 16.2. The van der Waals surface area contributed by atoms with Crippen molar-refractivity contribution >= 4 is 11.8 Å². The van der Waals surface area contributed by atoms with Crippen LogP contribution < -0.4 is 10.6 Å². The van der Waals surface area contributed by atoms with Crippen LogP contribution in [0.1, 0.15) is 12.0 Å². The zero-order chi connectivity index (χ0) is 15.9. The van der Waals surface area contributed by atoms with Crippen molar-refractivity contribution in [1.29, 1.82) is 0 Å². The van der Waals surface area contributed by atoms with E-state index >= 15 is 0 Å². The Kier molecular flexibility index (Phi) is 5.66. The molecule has 5 nitrogen and oxygen atoms in total. The number of halogens is 1. The summed E-state index contributed by atoms with van der Waals surface area (Å²) in [5.41, 5.74) is 0.479. The summed E-state index contributed by atoms with van der Waals surface area (Å²) in [7, 11) is 0. The summed E-state index contributed by atoms with van der Waals surface area (Å²) in [5, 5.41) is 5.68. The molecule has 22 heavy (non-hydrogen) atoms. The molecule has 0 spiro atoms. The summed E-state index contributed by atoms with van der Waals surface area (Å²) in [6.45, 7) is 5.20. The van der Waals surface area contributed by atoms with Crippen molar-refractivity contribution in [3.05, 3.63) is 48.3 Å². The van der Waals surface area contributed by atoms with E-state index in [9.17, 15) is 14.0 Å². The van der Waals surface area contributed by atoms with Crippen LogP contribution in [0.5, 0.6) is 0 Å². The zero-order valence-corrected chi connectivity index (χ0v) is 12.3. The smallest absolute Gasteiger partial charge is 0.240 e. The number of amides is 2. The molecule has 2 N–H and O–H groups in total. The largest absolute Gasteiger partial charge is 0.353 e. The Morgan fingerprint density at radius 3 is 3.00 bits per heavy atom. The van der Waals surface area contributed by atoms with Gasteiger partial charge in [0.1, 0.15) is 5.82 Å². The maximum atomic E-state index is 13.7. The van der Waals surface area contributed by atoms with E-state index in [1.54, 1.807) is 29.2 Å². The highest BCUT2D eigenvalue weighted by molar-refractivity contribution is 5.88. The molecule has 0 bridgehead atoms. The Hall–Kier alpha value is -2.21. The number of hydrogen-bond acceptors (Lipinski definition) is 3. The summed E-state index contributed by atoms with van der Waals surface area (Å²) in [5.74, 6) is -0.712. The highest BCUT2D eigenvalue weighted by atomic mass is 19.1. The molecule has 1 fully saturated rings. The fourth-order valence-corrected chi connectivity index (χ4v) is 2.38. The molecule has 2 amide bonds. The van der Waals surface area contributed by atoms with Crippen LogP contribution in [0.3, 0.4) is 0 Å². The number of nitrogens with zero attached hydrogens (tertiary/aromatic N) is 1. The Balaban J connectivity index is 1.96. The molecule has 0 aromatic heterocycles. The van der Waals surface area contributed by atoms with Gasteiger partial charge in [-0.3, -0.25) is 9.59 Å². The monoisotopic (exact) mass is 305 g/mol. The van der Waals surface area contributed by atoms with Crippen molar-refractivity contribution in [1.82, 2.24) is 15.5 Å². The highest BCUT2D eigenvalue weighted by Gasteiger charge is 2.30. The molecule has 1 aromatic carbocycles. The molecule has 118 valence electrons. The molecule has 1 atom stereocenters. The van der Waals surface area contributed by atoms with Crippen molar-refractivity contribution in [3.63, 3.8) is 0 Å². The summed E-state index contributed by atoms with van der Waals surface area (Å²) in [6, 6.07) is 5.83. The fourth-order valence-electron chi connectivity index (χ4n) is 2.38. The number of rotatable bonds is 6. The van der Waals surface area contributed by atoms with Gasteiger partial charge in [-0.05, 0) is 6.07 Å². The predicted molar refractivity (Wildman–Crippen MR) is 81.4 cm³/mol. The van der Waals surface area contributed by atoms with Gasteiger partial charge in [0.2, 0.25) is 11.8 Å².